The number of rotatable bonds is 5. The first-order valence-electron chi connectivity index (χ1n) is 10.5. The first kappa shape index (κ1) is 19.5. The molecular formula is C22H29N5O2. The van der Waals surface area contributed by atoms with Crippen molar-refractivity contribution in [2.24, 2.45) is 7.05 Å². The van der Waals surface area contributed by atoms with Crippen LogP contribution in [0.4, 0.5) is 11.6 Å². The van der Waals surface area contributed by atoms with Crippen molar-refractivity contribution in [2.75, 3.05) is 11.4 Å². The van der Waals surface area contributed by atoms with Crippen LogP contribution in [0, 0.1) is 13.8 Å². The Hall–Kier alpha value is -2.83. The van der Waals surface area contributed by atoms with Crippen molar-refractivity contribution in [2.45, 2.75) is 59.5 Å². The summed E-state index contributed by atoms with van der Waals surface area (Å²) in [7, 11) is 1.71. The van der Waals surface area contributed by atoms with Crippen LogP contribution in [0.2, 0.25) is 0 Å². The average Bonchev–Trinajstić information content (AvgIpc) is 3.11. The molecule has 0 radical (unpaired) electrons. The van der Waals surface area contributed by atoms with Crippen molar-refractivity contribution in [3.05, 3.63) is 50.2 Å². The molecule has 154 valence electrons. The monoisotopic (exact) mass is 395 g/mol. The lowest BCUT2D eigenvalue weighted by Crippen LogP contribution is -2.40. The van der Waals surface area contributed by atoms with E-state index in [2.05, 4.69) is 43.9 Å². The van der Waals surface area contributed by atoms with E-state index in [1.54, 1.807) is 7.05 Å². The molecule has 0 saturated carbocycles. The van der Waals surface area contributed by atoms with E-state index in [1.165, 1.54) is 20.3 Å². The van der Waals surface area contributed by atoms with E-state index in [-0.39, 0.29) is 11.2 Å². The maximum Gasteiger partial charge on any atom is 0.332 e. The van der Waals surface area contributed by atoms with E-state index in [0.717, 1.165) is 50.4 Å². The second-order valence-electron chi connectivity index (χ2n) is 8.01. The fraction of sp³-hybridized carbons (Fsp3) is 0.500. The van der Waals surface area contributed by atoms with Gasteiger partial charge in [-0.2, -0.15) is 4.98 Å². The Labute approximate surface area is 170 Å². The van der Waals surface area contributed by atoms with Gasteiger partial charge in [-0.15, -0.1) is 0 Å². The van der Waals surface area contributed by atoms with Crippen LogP contribution in [0.5, 0.6) is 0 Å². The zero-order valence-corrected chi connectivity index (χ0v) is 17.7. The predicted octanol–water partition coefficient (Wildman–Crippen LogP) is 3.25. The summed E-state index contributed by atoms with van der Waals surface area (Å²) in [6, 6.07) is 6.37. The summed E-state index contributed by atoms with van der Waals surface area (Å²) in [4.78, 5) is 33.0. The van der Waals surface area contributed by atoms with Gasteiger partial charge in [0.2, 0.25) is 5.95 Å². The number of aromatic nitrogens is 4. The van der Waals surface area contributed by atoms with Crippen molar-refractivity contribution in [3.63, 3.8) is 0 Å². The van der Waals surface area contributed by atoms with Crippen LogP contribution >= 0.6 is 0 Å². The highest BCUT2D eigenvalue weighted by molar-refractivity contribution is 5.77. The zero-order chi connectivity index (χ0) is 20.7. The Morgan fingerprint density at radius 3 is 2.59 bits per heavy atom. The minimum absolute atomic E-state index is 0.222. The van der Waals surface area contributed by atoms with Crippen molar-refractivity contribution in [1.29, 1.82) is 0 Å². The third kappa shape index (κ3) is 3.18. The molecule has 29 heavy (non-hydrogen) atoms. The van der Waals surface area contributed by atoms with Crippen LogP contribution in [0.1, 0.15) is 43.7 Å². The van der Waals surface area contributed by atoms with Crippen LogP contribution in [0.25, 0.3) is 11.2 Å². The summed E-state index contributed by atoms with van der Waals surface area (Å²) in [5.41, 5.74) is 4.03. The second kappa shape index (κ2) is 7.54. The maximum atomic E-state index is 13.2. The lowest BCUT2D eigenvalue weighted by atomic mass is 10.1. The number of hydrogen-bond acceptors (Lipinski definition) is 4. The highest BCUT2D eigenvalue weighted by Gasteiger charge is 2.27. The molecule has 7 nitrogen and oxygen atoms in total. The minimum Gasteiger partial charge on any atom is -0.312 e. The summed E-state index contributed by atoms with van der Waals surface area (Å²) in [5, 5.41) is 0. The molecule has 0 saturated heterocycles. The van der Waals surface area contributed by atoms with E-state index in [4.69, 9.17) is 4.98 Å². The van der Waals surface area contributed by atoms with Gasteiger partial charge in [0.15, 0.2) is 11.2 Å². The van der Waals surface area contributed by atoms with Gasteiger partial charge in [-0.1, -0.05) is 25.8 Å². The normalized spacial score (nSPS) is 13.9. The molecule has 3 heterocycles. The number of fused-ring (bicyclic) bond motifs is 3. The number of imidazole rings is 1. The van der Waals surface area contributed by atoms with Gasteiger partial charge in [0.1, 0.15) is 0 Å². The zero-order valence-electron chi connectivity index (χ0n) is 17.7. The van der Waals surface area contributed by atoms with E-state index < -0.39 is 0 Å². The molecule has 0 spiro atoms. The molecule has 0 N–H and O–H groups in total. The molecule has 0 atom stereocenters. The molecule has 1 aliphatic heterocycles. The summed E-state index contributed by atoms with van der Waals surface area (Å²) in [6.07, 6.45) is 3.79. The molecule has 7 heteroatoms. The third-order valence-electron chi connectivity index (χ3n) is 6.00. The Morgan fingerprint density at radius 1 is 1.07 bits per heavy atom. The van der Waals surface area contributed by atoms with Crippen molar-refractivity contribution < 1.29 is 0 Å². The van der Waals surface area contributed by atoms with E-state index in [0.29, 0.717) is 17.7 Å². The first-order chi connectivity index (χ1) is 13.9. The van der Waals surface area contributed by atoms with Gasteiger partial charge in [0.05, 0.1) is 0 Å². The quantitative estimate of drug-likeness (QED) is 0.622. The van der Waals surface area contributed by atoms with Gasteiger partial charge in [-0.05, 0) is 49.9 Å². The van der Waals surface area contributed by atoms with Gasteiger partial charge in [-0.25, -0.2) is 4.79 Å². The highest BCUT2D eigenvalue weighted by Crippen LogP contribution is 2.31. The van der Waals surface area contributed by atoms with Crippen LogP contribution in [-0.4, -0.2) is 25.2 Å². The van der Waals surface area contributed by atoms with Crippen molar-refractivity contribution >= 4 is 22.8 Å². The Morgan fingerprint density at radius 2 is 1.86 bits per heavy atom. The average molecular weight is 396 g/mol. The maximum absolute atomic E-state index is 13.2. The standard InChI is InChI=1S/C22H29N5O2/c1-5-6-7-11-27-20(28)18-19(24(4)22(27)29)23-21-25(12-8-13-26(18)21)17-10-9-15(2)16(3)14-17/h9-10,14H,5-8,11-13H2,1-4H3. The van der Waals surface area contributed by atoms with Crippen LogP contribution in [-0.2, 0) is 20.1 Å². The molecular weight excluding hydrogens is 366 g/mol. The molecule has 1 aromatic carbocycles. The fourth-order valence-corrected chi connectivity index (χ4v) is 4.12. The van der Waals surface area contributed by atoms with Gasteiger partial charge in [-0.3, -0.25) is 13.9 Å². The van der Waals surface area contributed by atoms with Gasteiger partial charge < -0.3 is 9.47 Å². The lowest BCUT2D eigenvalue weighted by molar-refractivity contribution is 0.546. The van der Waals surface area contributed by atoms with Crippen LogP contribution in [0.3, 0.4) is 0 Å². The SMILES string of the molecule is CCCCCn1c(=O)c2c(nc3n2CCCN3c2ccc(C)c(C)c2)n(C)c1=O. The molecule has 0 fully saturated rings. The molecule has 2 aromatic heterocycles. The molecule has 3 aromatic rings. The van der Waals surface area contributed by atoms with Gasteiger partial charge in [0.25, 0.3) is 5.56 Å². The molecule has 0 aliphatic carbocycles. The van der Waals surface area contributed by atoms with E-state index >= 15 is 0 Å². The molecule has 0 amide bonds. The van der Waals surface area contributed by atoms with Gasteiger partial charge in [0, 0.05) is 32.4 Å². The third-order valence-corrected chi connectivity index (χ3v) is 6.00. The number of hydrogen-bond donors (Lipinski definition) is 0. The van der Waals surface area contributed by atoms with Gasteiger partial charge >= 0.3 is 5.69 Å². The Bertz CT molecular complexity index is 1180. The Balaban J connectivity index is 1.89. The molecule has 4 rings (SSSR count). The number of nitrogens with zero attached hydrogens (tertiary/aromatic N) is 5. The number of unbranched alkanes of at least 4 members (excludes halogenated alkanes) is 2. The molecule has 1 aliphatic rings. The summed E-state index contributed by atoms with van der Waals surface area (Å²) in [6.45, 7) is 8.33. The van der Waals surface area contributed by atoms with Crippen molar-refractivity contribution in [3.8, 4) is 0 Å². The summed E-state index contributed by atoms with van der Waals surface area (Å²) < 4.78 is 4.89. The number of benzene rings is 1. The smallest absolute Gasteiger partial charge is 0.312 e. The number of aryl methyl sites for hydroxylation is 4. The van der Waals surface area contributed by atoms with E-state index in [1.807, 2.05) is 4.57 Å². The molecule has 0 unspecified atom stereocenters. The molecule has 0 bridgehead atoms. The van der Waals surface area contributed by atoms with Crippen LogP contribution in [0.15, 0.2) is 27.8 Å². The number of anilines is 2. The van der Waals surface area contributed by atoms with Crippen molar-refractivity contribution in [1.82, 2.24) is 18.7 Å². The fourth-order valence-electron chi connectivity index (χ4n) is 4.12. The van der Waals surface area contributed by atoms with Crippen LogP contribution < -0.4 is 16.1 Å². The topological polar surface area (TPSA) is 65.1 Å². The summed E-state index contributed by atoms with van der Waals surface area (Å²) >= 11 is 0. The highest BCUT2D eigenvalue weighted by atomic mass is 16.2. The predicted molar refractivity (Wildman–Crippen MR) is 116 cm³/mol. The van der Waals surface area contributed by atoms with E-state index in [9.17, 15) is 9.59 Å². The lowest BCUT2D eigenvalue weighted by Gasteiger charge is -2.29. The minimum atomic E-state index is -0.285. The summed E-state index contributed by atoms with van der Waals surface area (Å²) in [5.74, 6) is 0.743. The largest absolute Gasteiger partial charge is 0.332 e. The first-order valence-corrected chi connectivity index (χ1v) is 10.5. The second-order valence-corrected chi connectivity index (χ2v) is 8.01. The Kier molecular flexibility index (Phi) is 5.06.